The molecule has 0 bridgehead atoms. The summed E-state index contributed by atoms with van der Waals surface area (Å²) in [6.07, 6.45) is 9.79. The van der Waals surface area contributed by atoms with Crippen LogP contribution in [0.3, 0.4) is 0 Å². The fourth-order valence-electron chi connectivity index (χ4n) is 5.91. The minimum absolute atomic E-state index is 0.00644. The van der Waals surface area contributed by atoms with Crippen LogP contribution in [0.1, 0.15) is 25.7 Å². The van der Waals surface area contributed by atoms with Crippen LogP contribution in [0.15, 0.2) is 48.8 Å². The highest BCUT2D eigenvalue weighted by molar-refractivity contribution is 6.31. The van der Waals surface area contributed by atoms with Gasteiger partial charge in [-0.15, -0.1) is 0 Å². The number of amides is 1. The van der Waals surface area contributed by atoms with Crippen LogP contribution in [0.25, 0.3) is 10.9 Å². The van der Waals surface area contributed by atoms with Gasteiger partial charge >= 0.3 is 0 Å². The summed E-state index contributed by atoms with van der Waals surface area (Å²) in [5.74, 6) is 0.300. The van der Waals surface area contributed by atoms with E-state index in [1.54, 1.807) is 12.1 Å². The van der Waals surface area contributed by atoms with Crippen molar-refractivity contribution in [3.8, 4) is 5.75 Å². The predicted octanol–water partition coefficient (Wildman–Crippen LogP) is 5.25. The molecule has 222 valence electrons. The zero-order valence-electron chi connectivity index (χ0n) is 23.6. The summed E-state index contributed by atoms with van der Waals surface area (Å²) in [7, 11) is 0. The summed E-state index contributed by atoms with van der Waals surface area (Å²) in [5.41, 5.74) is 2.30. The second kappa shape index (κ2) is 12.9. The molecule has 3 aromatic rings. The minimum Gasteiger partial charge on any atom is -0.491 e. The molecule has 11 heteroatoms. The highest BCUT2D eigenvalue weighted by Gasteiger charge is 2.46. The van der Waals surface area contributed by atoms with Gasteiger partial charge in [-0.3, -0.25) is 14.6 Å². The number of morpholine rings is 1. The van der Waals surface area contributed by atoms with Gasteiger partial charge in [0.15, 0.2) is 0 Å². The van der Waals surface area contributed by atoms with Crippen molar-refractivity contribution in [1.29, 1.82) is 0 Å². The van der Waals surface area contributed by atoms with Gasteiger partial charge in [-0.05, 0) is 48.9 Å². The molecule has 2 saturated heterocycles. The lowest BCUT2D eigenvalue weighted by molar-refractivity contribution is -0.112. The molecule has 1 saturated carbocycles. The van der Waals surface area contributed by atoms with E-state index in [0.717, 1.165) is 58.9 Å². The maximum absolute atomic E-state index is 13.7. The second-order valence-corrected chi connectivity index (χ2v) is 11.8. The Balaban J connectivity index is 1.17. The summed E-state index contributed by atoms with van der Waals surface area (Å²) < 4.78 is 25.3. The molecule has 0 atom stereocenters. The maximum Gasteiger partial charge on any atom is 0.248 e. The molecule has 1 spiro atoms. The van der Waals surface area contributed by atoms with E-state index in [4.69, 9.17) is 21.1 Å². The lowest BCUT2D eigenvalue weighted by Gasteiger charge is -2.56. The molecule has 9 nitrogen and oxygen atoms in total. The molecule has 0 unspecified atom stereocenters. The van der Waals surface area contributed by atoms with Gasteiger partial charge in [0, 0.05) is 62.5 Å². The number of carbonyl (C=O) groups is 1. The first-order valence-corrected chi connectivity index (χ1v) is 15.0. The summed E-state index contributed by atoms with van der Waals surface area (Å²) in [5, 5.41) is 6.86. The third-order valence-electron chi connectivity index (χ3n) is 8.32. The number of halogens is 2. The first-order valence-electron chi connectivity index (χ1n) is 14.6. The van der Waals surface area contributed by atoms with Crippen LogP contribution in [0.2, 0.25) is 5.02 Å². The molecule has 42 heavy (non-hydrogen) atoms. The Morgan fingerprint density at radius 3 is 2.74 bits per heavy atom. The van der Waals surface area contributed by atoms with E-state index in [-0.39, 0.29) is 10.9 Å². The largest absolute Gasteiger partial charge is 0.491 e. The Bertz CT molecular complexity index is 1450. The molecular weight excluding hydrogens is 559 g/mol. The Morgan fingerprint density at radius 2 is 1.98 bits per heavy atom. The molecule has 3 heterocycles. The first kappa shape index (κ1) is 28.8. The monoisotopic (exact) mass is 594 g/mol. The van der Waals surface area contributed by atoms with Crippen molar-refractivity contribution in [1.82, 2.24) is 19.8 Å². The van der Waals surface area contributed by atoms with E-state index in [1.165, 1.54) is 37.7 Å². The smallest absolute Gasteiger partial charge is 0.248 e. The van der Waals surface area contributed by atoms with Crippen molar-refractivity contribution in [2.45, 2.75) is 25.7 Å². The van der Waals surface area contributed by atoms with Crippen LogP contribution in [0, 0.1) is 11.2 Å². The number of benzene rings is 2. The molecule has 1 aromatic heterocycles. The van der Waals surface area contributed by atoms with Gasteiger partial charge < -0.3 is 20.1 Å². The maximum atomic E-state index is 13.7. The van der Waals surface area contributed by atoms with Gasteiger partial charge in [0.1, 0.15) is 23.7 Å². The van der Waals surface area contributed by atoms with Crippen LogP contribution < -0.4 is 15.4 Å². The number of hydrogen-bond acceptors (Lipinski definition) is 8. The number of likely N-dealkylation sites (tertiary alicyclic amines) is 1. The highest BCUT2D eigenvalue weighted by Crippen LogP contribution is 2.47. The van der Waals surface area contributed by atoms with Crippen LogP contribution in [-0.4, -0.2) is 84.8 Å². The molecule has 2 N–H and O–H groups in total. The fraction of sp³-hybridized carbons (Fsp3) is 0.452. The number of anilines is 3. The average molecular weight is 595 g/mol. The number of nitrogens with one attached hydrogen (secondary N) is 2. The highest BCUT2D eigenvalue weighted by atomic mass is 35.5. The summed E-state index contributed by atoms with van der Waals surface area (Å²) in [6.45, 7) is 7.78. The number of hydrogen-bond donors (Lipinski definition) is 2. The van der Waals surface area contributed by atoms with Gasteiger partial charge in [-0.25, -0.2) is 14.4 Å². The number of ether oxygens (including phenoxy) is 2. The topological polar surface area (TPSA) is 91.9 Å². The number of rotatable bonds is 11. The van der Waals surface area contributed by atoms with E-state index in [2.05, 4.69) is 30.4 Å². The Labute approximate surface area is 250 Å². The lowest BCUT2D eigenvalue weighted by atomic mass is 9.63. The van der Waals surface area contributed by atoms with Crippen molar-refractivity contribution >= 4 is 45.6 Å². The van der Waals surface area contributed by atoms with E-state index >= 15 is 0 Å². The molecule has 2 aromatic carbocycles. The molecular formula is C31H36ClFN6O3. The average Bonchev–Trinajstić information content (AvgIpc) is 2.94. The van der Waals surface area contributed by atoms with Crippen molar-refractivity contribution in [2.24, 2.45) is 5.41 Å². The van der Waals surface area contributed by atoms with Gasteiger partial charge in [-0.1, -0.05) is 24.1 Å². The van der Waals surface area contributed by atoms with Gasteiger partial charge in [-0.2, -0.15) is 0 Å². The Kier molecular flexibility index (Phi) is 8.85. The van der Waals surface area contributed by atoms with Crippen LogP contribution in [0.4, 0.5) is 21.6 Å². The van der Waals surface area contributed by atoms with Gasteiger partial charge in [0.2, 0.25) is 5.91 Å². The van der Waals surface area contributed by atoms with Crippen molar-refractivity contribution in [3.63, 3.8) is 0 Å². The summed E-state index contributed by atoms with van der Waals surface area (Å²) >= 11 is 5.98. The van der Waals surface area contributed by atoms with Crippen LogP contribution in [0.5, 0.6) is 5.75 Å². The molecule has 6 rings (SSSR count). The number of fused-ring (bicyclic) bond motifs is 1. The van der Waals surface area contributed by atoms with E-state index in [0.29, 0.717) is 45.9 Å². The van der Waals surface area contributed by atoms with Crippen molar-refractivity contribution in [3.05, 3.63) is 59.7 Å². The first-order chi connectivity index (χ1) is 20.5. The van der Waals surface area contributed by atoms with E-state index in [9.17, 15) is 9.18 Å². The number of carbonyl (C=O) groups excluding carboxylic acids is 1. The van der Waals surface area contributed by atoms with Gasteiger partial charge in [0.05, 0.1) is 36.0 Å². The van der Waals surface area contributed by atoms with Crippen molar-refractivity contribution in [2.75, 3.05) is 69.7 Å². The standard InChI is InChI=1S/C31H36ClFN6O3/c32-24-16-22(5-6-25(24)33)36-30-23-17-27(37-29(40)4-1-9-39-19-31(20-39)7-2-8-31)28(18-26(23)34-21-35-30)42-13-3-10-38-11-14-41-15-12-38/h1,4-6,16-18,21H,2-3,7-15,19-20H2,(H,37,40)(H,34,35,36)/b4-1+. The molecule has 0 radical (unpaired) electrons. The van der Waals surface area contributed by atoms with E-state index in [1.807, 2.05) is 18.2 Å². The third-order valence-corrected chi connectivity index (χ3v) is 8.61. The molecule has 1 aliphatic carbocycles. The fourth-order valence-corrected chi connectivity index (χ4v) is 6.09. The SMILES string of the molecule is O=C(/C=C/CN1CC2(CCC2)C1)Nc1cc2c(Nc3ccc(F)c(Cl)c3)ncnc2cc1OCCCN1CCOCC1. The molecule has 1 amide bonds. The Hall–Kier alpha value is -3.31. The van der Waals surface area contributed by atoms with Gasteiger partial charge in [0.25, 0.3) is 0 Å². The molecule has 3 aliphatic rings. The zero-order chi connectivity index (χ0) is 28.9. The lowest BCUT2D eigenvalue weighted by Crippen LogP contribution is -2.59. The van der Waals surface area contributed by atoms with Crippen LogP contribution in [-0.2, 0) is 9.53 Å². The van der Waals surface area contributed by atoms with Crippen molar-refractivity contribution < 1.29 is 18.7 Å². The van der Waals surface area contributed by atoms with Crippen LogP contribution >= 0.6 is 11.6 Å². The summed E-state index contributed by atoms with van der Waals surface area (Å²) in [6, 6.07) is 7.99. The third kappa shape index (κ3) is 6.83. The normalized spacial score (nSPS) is 18.6. The second-order valence-electron chi connectivity index (χ2n) is 11.4. The summed E-state index contributed by atoms with van der Waals surface area (Å²) in [4.78, 5) is 26.5. The quantitative estimate of drug-likeness (QED) is 0.230. The molecule has 3 fully saturated rings. The molecule has 2 aliphatic heterocycles. The van der Waals surface area contributed by atoms with E-state index < -0.39 is 5.82 Å². The number of aromatic nitrogens is 2. The zero-order valence-corrected chi connectivity index (χ0v) is 24.3. The number of nitrogens with zero attached hydrogens (tertiary/aromatic N) is 4. The Morgan fingerprint density at radius 1 is 1.14 bits per heavy atom. The minimum atomic E-state index is -0.500. The predicted molar refractivity (Wildman–Crippen MR) is 162 cm³/mol.